The highest BCUT2D eigenvalue weighted by atomic mass is 16.5. The van der Waals surface area contributed by atoms with Crippen LogP contribution in [0.1, 0.15) is 25.5 Å². The third-order valence-electron chi connectivity index (χ3n) is 4.83. The predicted molar refractivity (Wildman–Crippen MR) is 111 cm³/mol. The molecule has 6 heteroatoms. The lowest BCUT2D eigenvalue weighted by Crippen LogP contribution is -2.50. The van der Waals surface area contributed by atoms with Crippen molar-refractivity contribution >= 4 is 11.7 Å². The summed E-state index contributed by atoms with van der Waals surface area (Å²) in [7, 11) is 2.09. The summed E-state index contributed by atoms with van der Waals surface area (Å²) in [4.78, 5) is 17.3. The minimum atomic E-state index is -0.128. The van der Waals surface area contributed by atoms with Gasteiger partial charge in [-0.1, -0.05) is 30.3 Å². The van der Waals surface area contributed by atoms with Gasteiger partial charge in [-0.3, -0.25) is 0 Å². The molecule has 1 N–H and O–H groups in total. The van der Waals surface area contributed by atoms with Crippen LogP contribution in [0.5, 0.6) is 11.5 Å². The molecule has 1 heterocycles. The fourth-order valence-electron chi connectivity index (χ4n) is 3.45. The van der Waals surface area contributed by atoms with E-state index in [4.69, 9.17) is 9.47 Å². The number of benzene rings is 2. The molecule has 150 valence electrons. The fourth-order valence-corrected chi connectivity index (χ4v) is 3.45. The Morgan fingerprint density at radius 3 is 2.54 bits per heavy atom. The number of hydrogen-bond acceptors (Lipinski definition) is 4. The number of likely N-dealkylation sites (N-methyl/N-ethyl adjacent to an activating group) is 1. The monoisotopic (exact) mass is 383 g/mol. The number of amides is 2. The Kier molecular flexibility index (Phi) is 6.76. The van der Waals surface area contributed by atoms with Gasteiger partial charge in [0.1, 0.15) is 11.5 Å². The number of anilines is 1. The first kappa shape index (κ1) is 20.0. The molecule has 1 fully saturated rings. The zero-order valence-electron chi connectivity index (χ0n) is 16.9. The maximum Gasteiger partial charge on any atom is 0.322 e. The average molecular weight is 383 g/mol. The van der Waals surface area contributed by atoms with E-state index in [-0.39, 0.29) is 12.1 Å². The van der Waals surface area contributed by atoms with Crippen molar-refractivity contribution in [3.8, 4) is 11.5 Å². The first-order chi connectivity index (χ1) is 13.6. The number of nitrogens with zero attached hydrogens (tertiary/aromatic N) is 2. The number of carbonyl (C=O) groups is 1. The lowest BCUT2D eigenvalue weighted by molar-refractivity contribution is 0.116. The topological polar surface area (TPSA) is 54.0 Å². The van der Waals surface area contributed by atoms with E-state index in [1.54, 1.807) is 0 Å². The largest absolute Gasteiger partial charge is 0.494 e. The van der Waals surface area contributed by atoms with E-state index in [9.17, 15) is 4.79 Å². The number of piperazine rings is 1. The average Bonchev–Trinajstić information content (AvgIpc) is 2.71. The highest BCUT2D eigenvalue weighted by Crippen LogP contribution is 2.31. The van der Waals surface area contributed by atoms with Crippen molar-refractivity contribution in [3.63, 3.8) is 0 Å². The third-order valence-corrected chi connectivity index (χ3v) is 4.83. The molecule has 0 unspecified atom stereocenters. The van der Waals surface area contributed by atoms with Gasteiger partial charge in [-0.05, 0) is 38.6 Å². The van der Waals surface area contributed by atoms with E-state index < -0.39 is 0 Å². The lowest BCUT2D eigenvalue weighted by atomic mass is 10.0. The zero-order chi connectivity index (χ0) is 19.9. The second-order valence-electron chi connectivity index (χ2n) is 6.84. The van der Waals surface area contributed by atoms with E-state index in [0.29, 0.717) is 36.9 Å². The molecular weight excluding hydrogens is 354 g/mol. The van der Waals surface area contributed by atoms with Crippen LogP contribution < -0.4 is 14.8 Å². The van der Waals surface area contributed by atoms with Gasteiger partial charge in [-0.2, -0.15) is 0 Å². The Balaban J connectivity index is 1.83. The summed E-state index contributed by atoms with van der Waals surface area (Å²) in [5.74, 6) is 1.35. The molecule has 1 aliphatic rings. The number of urea groups is 1. The minimum absolute atomic E-state index is 0.00516. The molecule has 6 nitrogen and oxygen atoms in total. The summed E-state index contributed by atoms with van der Waals surface area (Å²) >= 11 is 0. The normalized spacial score (nSPS) is 17.2. The highest BCUT2D eigenvalue weighted by molar-refractivity contribution is 5.91. The van der Waals surface area contributed by atoms with E-state index in [0.717, 1.165) is 18.7 Å². The number of hydrogen-bond donors (Lipinski definition) is 1. The van der Waals surface area contributed by atoms with Gasteiger partial charge >= 0.3 is 6.03 Å². The third kappa shape index (κ3) is 4.75. The van der Waals surface area contributed by atoms with Crippen molar-refractivity contribution in [1.29, 1.82) is 0 Å². The Morgan fingerprint density at radius 2 is 1.82 bits per heavy atom. The van der Waals surface area contributed by atoms with Crippen molar-refractivity contribution < 1.29 is 14.3 Å². The molecule has 3 rings (SSSR count). The predicted octanol–water partition coefficient (Wildman–Crippen LogP) is 4.00. The van der Waals surface area contributed by atoms with Crippen LogP contribution in [-0.4, -0.2) is 55.7 Å². The molecule has 28 heavy (non-hydrogen) atoms. The summed E-state index contributed by atoms with van der Waals surface area (Å²) in [6.07, 6.45) is 0. The quantitative estimate of drug-likeness (QED) is 0.819. The molecule has 0 radical (unpaired) electrons. The van der Waals surface area contributed by atoms with Gasteiger partial charge in [0, 0.05) is 25.7 Å². The van der Waals surface area contributed by atoms with Crippen LogP contribution >= 0.6 is 0 Å². The summed E-state index contributed by atoms with van der Waals surface area (Å²) in [5, 5.41) is 3.04. The van der Waals surface area contributed by atoms with Crippen molar-refractivity contribution in [3.05, 3.63) is 54.1 Å². The first-order valence-corrected chi connectivity index (χ1v) is 9.83. The molecule has 2 aromatic rings. The molecule has 2 aromatic carbocycles. The summed E-state index contributed by atoms with van der Waals surface area (Å²) in [6, 6.07) is 15.6. The molecular formula is C22H29N3O3. The molecule has 1 aliphatic heterocycles. The van der Waals surface area contributed by atoms with E-state index in [2.05, 4.69) is 29.4 Å². The van der Waals surface area contributed by atoms with E-state index in [1.807, 2.05) is 55.1 Å². The van der Waals surface area contributed by atoms with Crippen molar-refractivity contribution in [2.75, 3.05) is 45.2 Å². The maximum absolute atomic E-state index is 13.2. The molecule has 0 spiro atoms. The second kappa shape index (κ2) is 9.46. The van der Waals surface area contributed by atoms with Crippen LogP contribution in [0.25, 0.3) is 0 Å². The fraction of sp³-hybridized carbons (Fsp3) is 0.409. The van der Waals surface area contributed by atoms with Gasteiger partial charge in [-0.15, -0.1) is 0 Å². The van der Waals surface area contributed by atoms with Crippen LogP contribution in [0.3, 0.4) is 0 Å². The van der Waals surface area contributed by atoms with Crippen molar-refractivity contribution in [2.45, 2.75) is 19.9 Å². The molecule has 2 amide bonds. The maximum atomic E-state index is 13.2. The SMILES string of the molecule is CCOc1ccc(OCC)c(NC(=O)N2CCN(C)C[C@@H]2c2ccccc2)c1. The van der Waals surface area contributed by atoms with Gasteiger partial charge in [0.05, 0.1) is 24.9 Å². The molecule has 0 aromatic heterocycles. The number of ether oxygens (including phenoxy) is 2. The van der Waals surface area contributed by atoms with Crippen LogP contribution in [0.15, 0.2) is 48.5 Å². The molecule has 0 saturated carbocycles. The Bertz CT molecular complexity index is 782. The standard InChI is InChI=1S/C22H29N3O3/c1-4-27-18-11-12-21(28-5-2)19(15-18)23-22(26)25-14-13-24(3)16-20(25)17-9-7-6-8-10-17/h6-12,15,20H,4-5,13-14,16H2,1-3H3,(H,23,26)/t20-/m1/s1. The minimum Gasteiger partial charge on any atom is -0.494 e. The van der Waals surface area contributed by atoms with Crippen LogP contribution in [0.2, 0.25) is 0 Å². The number of nitrogens with one attached hydrogen (secondary N) is 1. The van der Waals surface area contributed by atoms with E-state index in [1.165, 1.54) is 0 Å². The Labute approximate surface area is 167 Å². The van der Waals surface area contributed by atoms with Crippen LogP contribution in [0.4, 0.5) is 10.5 Å². The summed E-state index contributed by atoms with van der Waals surface area (Å²) < 4.78 is 11.3. The van der Waals surface area contributed by atoms with Gasteiger partial charge in [0.2, 0.25) is 0 Å². The van der Waals surface area contributed by atoms with Gasteiger partial charge in [0.25, 0.3) is 0 Å². The Morgan fingerprint density at radius 1 is 1.07 bits per heavy atom. The van der Waals surface area contributed by atoms with Crippen molar-refractivity contribution in [2.24, 2.45) is 0 Å². The first-order valence-electron chi connectivity index (χ1n) is 9.83. The molecule has 0 aliphatic carbocycles. The smallest absolute Gasteiger partial charge is 0.322 e. The van der Waals surface area contributed by atoms with Gasteiger partial charge < -0.3 is 24.6 Å². The van der Waals surface area contributed by atoms with Crippen LogP contribution in [0, 0.1) is 0 Å². The zero-order valence-corrected chi connectivity index (χ0v) is 16.9. The highest BCUT2D eigenvalue weighted by Gasteiger charge is 2.30. The van der Waals surface area contributed by atoms with Gasteiger partial charge in [-0.25, -0.2) is 4.79 Å². The van der Waals surface area contributed by atoms with Gasteiger partial charge in [0.15, 0.2) is 0 Å². The molecule has 1 atom stereocenters. The van der Waals surface area contributed by atoms with Crippen molar-refractivity contribution in [1.82, 2.24) is 9.80 Å². The molecule has 1 saturated heterocycles. The molecule has 0 bridgehead atoms. The van der Waals surface area contributed by atoms with E-state index >= 15 is 0 Å². The number of carbonyl (C=O) groups excluding carboxylic acids is 1. The number of rotatable bonds is 6. The Hall–Kier alpha value is -2.73. The van der Waals surface area contributed by atoms with Crippen LogP contribution in [-0.2, 0) is 0 Å². The lowest BCUT2D eigenvalue weighted by Gasteiger charge is -2.40. The summed E-state index contributed by atoms with van der Waals surface area (Å²) in [6.45, 7) is 7.26. The summed E-state index contributed by atoms with van der Waals surface area (Å²) in [5.41, 5.74) is 1.76. The second-order valence-corrected chi connectivity index (χ2v) is 6.84.